The van der Waals surface area contributed by atoms with E-state index in [0.717, 1.165) is 34.4 Å². The Balaban J connectivity index is 1.64. The zero-order valence-corrected chi connectivity index (χ0v) is 14.4. The molecule has 0 saturated carbocycles. The molecule has 3 rings (SSSR count). The van der Waals surface area contributed by atoms with Crippen LogP contribution in [0.1, 0.15) is 28.4 Å². The SMILES string of the molecule is Cc1cccc(NC(=O)CN(C)C2Cc3ccccc3C2O)c1C. The van der Waals surface area contributed by atoms with Crippen LogP contribution in [-0.2, 0) is 11.2 Å². The molecule has 126 valence electrons. The number of benzene rings is 2. The Morgan fingerprint density at radius 3 is 2.71 bits per heavy atom. The Morgan fingerprint density at radius 1 is 1.21 bits per heavy atom. The number of anilines is 1. The second kappa shape index (κ2) is 6.75. The molecule has 0 heterocycles. The second-order valence-electron chi connectivity index (χ2n) is 6.63. The molecule has 0 aliphatic heterocycles. The highest BCUT2D eigenvalue weighted by molar-refractivity contribution is 5.93. The second-order valence-corrected chi connectivity index (χ2v) is 6.63. The normalized spacial score (nSPS) is 19.4. The summed E-state index contributed by atoms with van der Waals surface area (Å²) in [5.41, 5.74) is 5.23. The topological polar surface area (TPSA) is 52.6 Å². The van der Waals surface area contributed by atoms with Gasteiger partial charge in [0.1, 0.15) is 0 Å². The van der Waals surface area contributed by atoms with Crippen LogP contribution in [-0.4, -0.2) is 35.5 Å². The van der Waals surface area contributed by atoms with E-state index in [0.29, 0.717) is 0 Å². The molecule has 2 unspecified atom stereocenters. The fourth-order valence-corrected chi connectivity index (χ4v) is 3.37. The first-order valence-electron chi connectivity index (χ1n) is 8.29. The van der Waals surface area contributed by atoms with Gasteiger partial charge in [-0.2, -0.15) is 0 Å². The van der Waals surface area contributed by atoms with E-state index in [9.17, 15) is 9.90 Å². The smallest absolute Gasteiger partial charge is 0.238 e. The molecule has 0 radical (unpaired) electrons. The van der Waals surface area contributed by atoms with Crippen LogP contribution in [0, 0.1) is 13.8 Å². The molecule has 4 nitrogen and oxygen atoms in total. The molecule has 1 aliphatic carbocycles. The first kappa shape index (κ1) is 16.7. The third-order valence-corrected chi connectivity index (χ3v) is 5.01. The minimum Gasteiger partial charge on any atom is -0.387 e. The lowest BCUT2D eigenvalue weighted by molar-refractivity contribution is -0.118. The number of likely N-dealkylation sites (N-methyl/N-ethyl adjacent to an activating group) is 1. The molecular weight excluding hydrogens is 300 g/mol. The van der Waals surface area contributed by atoms with Gasteiger partial charge in [-0.05, 0) is 55.6 Å². The zero-order chi connectivity index (χ0) is 17.3. The van der Waals surface area contributed by atoms with Crippen molar-refractivity contribution in [2.24, 2.45) is 0 Å². The quantitative estimate of drug-likeness (QED) is 0.909. The van der Waals surface area contributed by atoms with Crippen LogP contribution in [0.2, 0.25) is 0 Å². The number of carbonyl (C=O) groups excluding carboxylic acids is 1. The monoisotopic (exact) mass is 324 g/mol. The van der Waals surface area contributed by atoms with Gasteiger partial charge in [0.25, 0.3) is 0 Å². The van der Waals surface area contributed by atoms with E-state index >= 15 is 0 Å². The van der Waals surface area contributed by atoms with Crippen molar-refractivity contribution in [1.82, 2.24) is 4.90 Å². The van der Waals surface area contributed by atoms with E-state index in [1.54, 1.807) is 0 Å². The van der Waals surface area contributed by atoms with Gasteiger partial charge in [0.2, 0.25) is 5.91 Å². The van der Waals surface area contributed by atoms with E-state index < -0.39 is 6.10 Å². The fraction of sp³-hybridized carbons (Fsp3) is 0.350. The molecule has 0 spiro atoms. The van der Waals surface area contributed by atoms with Gasteiger partial charge in [-0.3, -0.25) is 9.69 Å². The lowest BCUT2D eigenvalue weighted by Gasteiger charge is -2.26. The molecule has 0 aromatic heterocycles. The number of amides is 1. The number of aryl methyl sites for hydroxylation is 1. The van der Waals surface area contributed by atoms with Gasteiger partial charge in [-0.15, -0.1) is 0 Å². The van der Waals surface area contributed by atoms with E-state index in [2.05, 4.69) is 5.32 Å². The van der Waals surface area contributed by atoms with Crippen molar-refractivity contribution < 1.29 is 9.90 Å². The molecule has 1 amide bonds. The lowest BCUT2D eigenvalue weighted by Crippen LogP contribution is -2.40. The Kier molecular flexibility index (Phi) is 4.69. The molecule has 0 fully saturated rings. The average molecular weight is 324 g/mol. The summed E-state index contributed by atoms with van der Waals surface area (Å²) < 4.78 is 0. The number of carbonyl (C=O) groups is 1. The molecule has 24 heavy (non-hydrogen) atoms. The maximum absolute atomic E-state index is 12.4. The summed E-state index contributed by atoms with van der Waals surface area (Å²) in [4.78, 5) is 14.3. The zero-order valence-electron chi connectivity index (χ0n) is 14.4. The Labute approximate surface area is 143 Å². The Morgan fingerprint density at radius 2 is 1.96 bits per heavy atom. The minimum atomic E-state index is -0.542. The summed E-state index contributed by atoms with van der Waals surface area (Å²) in [5.74, 6) is -0.0608. The summed E-state index contributed by atoms with van der Waals surface area (Å²) in [6.45, 7) is 4.29. The third-order valence-electron chi connectivity index (χ3n) is 5.01. The Bertz CT molecular complexity index is 757. The summed E-state index contributed by atoms with van der Waals surface area (Å²) in [7, 11) is 1.89. The number of hydrogen-bond acceptors (Lipinski definition) is 3. The number of hydrogen-bond donors (Lipinski definition) is 2. The largest absolute Gasteiger partial charge is 0.387 e. The van der Waals surface area contributed by atoms with Crippen molar-refractivity contribution in [3.8, 4) is 0 Å². The number of nitrogens with zero attached hydrogens (tertiary/aromatic N) is 1. The molecule has 2 aromatic carbocycles. The van der Waals surface area contributed by atoms with Crippen LogP contribution < -0.4 is 5.32 Å². The number of aliphatic hydroxyl groups is 1. The molecule has 2 aromatic rings. The van der Waals surface area contributed by atoms with Gasteiger partial charge in [-0.1, -0.05) is 36.4 Å². The van der Waals surface area contributed by atoms with Crippen molar-refractivity contribution in [2.45, 2.75) is 32.4 Å². The minimum absolute atomic E-state index is 0.0608. The maximum Gasteiger partial charge on any atom is 0.238 e. The van der Waals surface area contributed by atoms with Gasteiger partial charge < -0.3 is 10.4 Å². The summed E-state index contributed by atoms with van der Waals surface area (Å²) in [6, 6.07) is 13.8. The molecule has 1 aliphatic rings. The van der Waals surface area contributed by atoms with Crippen molar-refractivity contribution in [3.63, 3.8) is 0 Å². The maximum atomic E-state index is 12.4. The molecular formula is C20H24N2O2. The van der Waals surface area contributed by atoms with E-state index in [1.807, 2.05) is 68.3 Å². The van der Waals surface area contributed by atoms with Gasteiger partial charge in [0.05, 0.1) is 12.6 Å². The molecule has 2 atom stereocenters. The summed E-state index contributed by atoms with van der Waals surface area (Å²) in [5, 5.41) is 13.5. The molecule has 0 bridgehead atoms. The van der Waals surface area contributed by atoms with E-state index in [4.69, 9.17) is 0 Å². The van der Waals surface area contributed by atoms with Crippen molar-refractivity contribution >= 4 is 11.6 Å². The predicted octanol–water partition coefficient (Wildman–Crippen LogP) is 2.83. The standard InChI is InChI=1S/C20H24N2O2/c1-13-7-6-10-17(14(13)2)21-19(23)12-22(3)18-11-15-8-4-5-9-16(15)20(18)24/h4-10,18,20,24H,11-12H2,1-3H3,(H,21,23). The highest BCUT2D eigenvalue weighted by Gasteiger charge is 2.33. The number of aliphatic hydroxyl groups excluding tert-OH is 1. The highest BCUT2D eigenvalue weighted by atomic mass is 16.3. The van der Waals surface area contributed by atoms with Crippen molar-refractivity contribution in [1.29, 1.82) is 0 Å². The first-order chi connectivity index (χ1) is 11.5. The summed E-state index contributed by atoms with van der Waals surface area (Å²) >= 11 is 0. The first-order valence-corrected chi connectivity index (χ1v) is 8.29. The van der Waals surface area contributed by atoms with Gasteiger partial charge in [0, 0.05) is 11.7 Å². The van der Waals surface area contributed by atoms with E-state index in [-0.39, 0.29) is 18.5 Å². The number of fused-ring (bicyclic) bond motifs is 1. The van der Waals surface area contributed by atoms with Crippen molar-refractivity contribution in [3.05, 3.63) is 64.7 Å². The van der Waals surface area contributed by atoms with Crippen molar-refractivity contribution in [2.75, 3.05) is 18.9 Å². The van der Waals surface area contributed by atoms with Crippen LogP contribution >= 0.6 is 0 Å². The fourth-order valence-electron chi connectivity index (χ4n) is 3.37. The average Bonchev–Trinajstić information content (AvgIpc) is 2.89. The van der Waals surface area contributed by atoms with E-state index in [1.165, 1.54) is 0 Å². The highest BCUT2D eigenvalue weighted by Crippen LogP contribution is 2.33. The van der Waals surface area contributed by atoms with Gasteiger partial charge in [-0.25, -0.2) is 0 Å². The van der Waals surface area contributed by atoms with Crippen LogP contribution in [0.5, 0.6) is 0 Å². The molecule has 2 N–H and O–H groups in total. The molecule has 0 saturated heterocycles. The predicted molar refractivity (Wildman–Crippen MR) is 96.1 cm³/mol. The third kappa shape index (κ3) is 3.21. The lowest BCUT2D eigenvalue weighted by atomic mass is 10.1. The Hall–Kier alpha value is -2.17. The van der Waals surface area contributed by atoms with Crippen LogP contribution in [0.3, 0.4) is 0 Å². The van der Waals surface area contributed by atoms with Crippen LogP contribution in [0.25, 0.3) is 0 Å². The van der Waals surface area contributed by atoms with Gasteiger partial charge in [0.15, 0.2) is 0 Å². The van der Waals surface area contributed by atoms with Crippen LogP contribution in [0.4, 0.5) is 5.69 Å². The molecule has 4 heteroatoms. The van der Waals surface area contributed by atoms with Crippen LogP contribution in [0.15, 0.2) is 42.5 Å². The summed E-state index contributed by atoms with van der Waals surface area (Å²) in [6.07, 6.45) is 0.227. The van der Waals surface area contributed by atoms with Gasteiger partial charge >= 0.3 is 0 Å². The number of rotatable bonds is 4. The number of nitrogens with one attached hydrogen (secondary N) is 1.